The first kappa shape index (κ1) is 11.5. The van der Waals surface area contributed by atoms with Crippen LogP contribution in [0.4, 0.5) is 0 Å². The second-order valence-corrected chi connectivity index (χ2v) is 4.29. The molecule has 2 rings (SSSR count). The minimum atomic E-state index is -0.443. The first-order valence-electron chi connectivity index (χ1n) is 4.84. The van der Waals surface area contributed by atoms with Crippen molar-refractivity contribution >= 4 is 17.3 Å². The molecule has 17 heavy (non-hydrogen) atoms. The molecule has 6 heteroatoms. The largest absolute Gasteiger partial charge is 0.465 e. The number of nitrogens with one attached hydrogen (secondary N) is 1. The smallest absolute Gasteiger partial charge is 0.348 e. The van der Waals surface area contributed by atoms with E-state index in [9.17, 15) is 9.59 Å². The summed E-state index contributed by atoms with van der Waals surface area (Å²) in [4.78, 5) is 30.0. The average molecular weight is 250 g/mol. The number of carbonyl (C=O) groups is 1. The molecular weight excluding hydrogens is 240 g/mol. The standard InChI is InChI=1S/C11H10N2O3S/c1-6-4-17-9(11(15)16-2)8(6)7-3-12-5-13-10(7)14/h3-5H,1-2H3,(H,12,13,14). The van der Waals surface area contributed by atoms with Crippen LogP contribution in [0.1, 0.15) is 15.2 Å². The molecule has 0 aromatic carbocycles. The van der Waals surface area contributed by atoms with Crippen molar-refractivity contribution in [3.63, 3.8) is 0 Å². The number of carbonyl (C=O) groups excluding carboxylic acids is 1. The van der Waals surface area contributed by atoms with Gasteiger partial charge in [0.1, 0.15) is 4.88 Å². The second-order valence-electron chi connectivity index (χ2n) is 3.41. The fourth-order valence-electron chi connectivity index (χ4n) is 1.54. The monoisotopic (exact) mass is 250 g/mol. The highest BCUT2D eigenvalue weighted by Crippen LogP contribution is 2.30. The summed E-state index contributed by atoms with van der Waals surface area (Å²) in [5, 5.41) is 1.81. The lowest BCUT2D eigenvalue weighted by Gasteiger charge is -2.02. The number of hydrogen-bond acceptors (Lipinski definition) is 5. The van der Waals surface area contributed by atoms with Crippen LogP contribution in [-0.4, -0.2) is 23.0 Å². The third-order valence-electron chi connectivity index (χ3n) is 2.33. The van der Waals surface area contributed by atoms with Crippen LogP contribution < -0.4 is 5.56 Å². The van der Waals surface area contributed by atoms with Crippen LogP contribution in [0.15, 0.2) is 22.7 Å². The van der Waals surface area contributed by atoms with Crippen LogP contribution in [0, 0.1) is 6.92 Å². The van der Waals surface area contributed by atoms with Crippen LogP contribution >= 0.6 is 11.3 Å². The predicted octanol–water partition coefficient (Wildman–Crippen LogP) is 1.59. The molecule has 5 nitrogen and oxygen atoms in total. The lowest BCUT2D eigenvalue weighted by atomic mass is 10.1. The molecule has 0 aliphatic rings. The summed E-state index contributed by atoms with van der Waals surface area (Å²) in [6, 6.07) is 0. The molecule has 0 spiro atoms. The molecule has 0 unspecified atom stereocenters. The van der Waals surface area contributed by atoms with Gasteiger partial charge in [-0.25, -0.2) is 9.78 Å². The Morgan fingerprint density at radius 3 is 2.94 bits per heavy atom. The van der Waals surface area contributed by atoms with Crippen molar-refractivity contribution in [3.05, 3.63) is 38.7 Å². The van der Waals surface area contributed by atoms with Crippen molar-refractivity contribution in [3.8, 4) is 11.1 Å². The quantitative estimate of drug-likeness (QED) is 0.821. The highest BCUT2D eigenvalue weighted by molar-refractivity contribution is 7.12. The Kier molecular flexibility index (Phi) is 3.06. The summed E-state index contributed by atoms with van der Waals surface area (Å²) < 4.78 is 4.69. The van der Waals surface area contributed by atoms with Crippen LogP contribution in [0.5, 0.6) is 0 Å². The first-order valence-corrected chi connectivity index (χ1v) is 5.72. The summed E-state index contributed by atoms with van der Waals surface area (Å²) in [5.41, 5.74) is 1.56. The highest BCUT2D eigenvalue weighted by Gasteiger charge is 2.20. The van der Waals surface area contributed by atoms with E-state index >= 15 is 0 Å². The van der Waals surface area contributed by atoms with Gasteiger partial charge in [0.05, 0.1) is 19.0 Å². The minimum absolute atomic E-state index is 0.272. The number of methoxy groups -OCH3 is 1. The van der Waals surface area contributed by atoms with Gasteiger partial charge in [0.2, 0.25) is 0 Å². The second kappa shape index (κ2) is 4.50. The molecule has 0 bridgehead atoms. The molecule has 2 aromatic heterocycles. The Morgan fingerprint density at radius 2 is 2.29 bits per heavy atom. The number of hydrogen-bond donors (Lipinski definition) is 1. The van der Waals surface area contributed by atoms with E-state index in [1.165, 1.54) is 31.0 Å². The number of aryl methyl sites for hydroxylation is 1. The average Bonchev–Trinajstić information content (AvgIpc) is 2.71. The highest BCUT2D eigenvalue weighted by atomic mass is 32.1. The van der Waals surface area contributed by atoms with E-state index in [1.54, 1.807) is 0 Å². The fourth-order valence-corrected chi connectivity index (χ4v) is 2.52. The van der Waals surface area contributed by atoms with Crippen molar-refractivity contribution in [2.75, 3.05) is 7.11 Å². The number of esters is 1. The third kappa shape index (κ3) is 1.99. The van der Waals surface area contributed by atoms with E-state index in [2.05, 4.69) is 9.97 Å². The number of nitrogens with zero attached hydrogens (tertiary/aromatic N) is 1. The molecule has 0 atom stereocenters. The SMILES string of the molecule is COC(=O)c1scc(C)c1-c1cnc[nH]c1=O. The van der Waals surface area contributed by atoms with Crippen LogP contribution in [-0.2, 0) is 4.74 Å². The van der Waals surface area contributed by atoms with Gasteiger partial charge in [0.25, 0.3) is 5.56 Å². The Morgan fingerprint density at radius 1 is 1.53 bits per heavy atom. The molecule has 0 fully saturated rings. The Labute approximate surface area is 101 Å². The normalized spacial score (nSPS) is 10.2. The van der Waals surface area contributed by atoms with Gasteiger partial charge in [-0.2, -0.15) is 0 Å². The fraction of sp³-hybridized carbons (Fsp3) is 0.182. The first-order chi connectivity index (χ1) is 8.15. The molecule has 0 saturated heterocycles. The summed E-state index contributed by atoms with van der Waals surface area (Å²) in [6.45, 7) is 1.84. The molecule has 2 aromatic rings. The Bertz CT molecular complexity index is 615. The van der Waals surface area contributed by atoms with E-state index in [0.29, 0.717) is 16.0 Å². The number of H-pyrrole nitrogens is 1. The van der Waals surface area contributed by atoms with E-state index in [4.69, 9.17) is 4.74 Å². The zero-order valence-corrected chi connectivity index (χ0v) is 10.1. The molecule has 1 N–H and O–H groups in total. The summed E-state index contributed by atoms with van der Waals surface area (Å²) in [7, 11) is 1.31. The number of rotatable bonds is 2. The molecule has 0 saturated carbocycles. The lowest BCUT2D eigenvalue weighted by Crippen LogP contribution is -2.11. The van der Waals surface area contributed by atoms with Gasteiger partial charge in [0, 0.05) is 11.8 Å². The van der Waals surface area contributed by atoms with Crippen LogP contribution in [0.2, 0.25) is 0 Å². The molecule has 2 heterocycles. The number of aromatic amines is 1. The van der Waals surface area contributed by atoms with Crippen molar-refractivity contribution in [1.82, 2.24) is 9.97 Å². The third-order valence-corrected chi connectivity index (χ3v) is 3.41. The van der Waals surface area contributed by atoms with Gasteiger partial charge in [-0.3, -0.25) is 4.79 Å². The molecule has 88 valence electrons. The van der Waals surface area contributed by atoms with E-state index in [-0.39, 0.29) is 5.56 Å². The van der Waals surface area contributed by atoms with E-state index < -0.39 is 5.97 Å². The van der Waals surface area contributed by atoms with Gasteiger partial charge in [0.15, 0.2) is 0 Å². The van der Waals surface area contributed by atoms with Crippen molar-refractivity contribution in [2.45, 2.75) is 6.92 Å². The van der Waals surface area contributed by atoms with Gasteiger partial charge in [-0.1, -0.05) is 0 Å². The maximum atomic E-state index is 11.7. The van der Waals surface area contributed by atoms with Crippen molar-refractivity contribution in [2.24, 2.45) is 0 Å². The molecular formula is C11H10N2O3S. The van der Waals surface area contributed by atoms with Crippen LogP contribution in [0.3, 0.4) is 0 Å². The van der Waals surface area contributed by atoms with Gasteiger partial charge in [-0.05, 0) is 17.9 Å². The predicted molar refractivity (Wildman–Crippen MR) is 64.2 cm³/mol. The van der Waals surface area contributed by atoms with E-state index in [1.807, 2.05) is 12.3 Å². The molecule has 0 radical (unpaired) electrons. The van der Waals surface area contributed by atoms with Crippen molar-refractivity contribution in [1.29, 1.82) is 0 Å². The van der Waals surface area contributed by atoms with Crippen LogP contribution in [0.25, 0.3) is 11.1 Å². The van der Waals surface area contributed by atoms with Gasteiger partial charge >= 0.3 is 5.97 Å². The maximum Gasteiger partial charge on any atom is 0.348 e. The number of thiophene rings is 1. The Hall–Kier alpha value is -1.95. The molecule has 0 aliphatic carbocycles. The summed E-state index contributed by atoms with van der Waals surface area (Å²) in [6.07, 6.45) is 2.76. The Balaban J connectivity index is 2.67. The molecule has 0 amide bonds. The summed E-state index contributed by atoms with van der Waals surface area (Å²) in [5.74, 6) is -0.443. The van der Waals surface area contributed by atoms with E-state index in [0.717, 1.165) is 5.56 Å². The number of aromatic nitrogens is 2. The van der Waals surface area contributed by atoms with Gasteiger partial charge < -0.3 is 9.72 Å². The van der Waals surface area contributed by atoms with Gasteiger partial charge in [-0.15, -0.1) is 11.3 Å². The summed E-state index contributed by atoms with van der Waals surface area (Å²) >= 11 is 1.26. The zero-order chi connectivity index (χ0) is 12.4. The topological polar surface area (TPSA) is 72.0 Å². The van der Waals surface area contributed by atoms with Crippen molar-refractivity contribution < 1.29 is 9.53 Å². The number of ether oxygens (including phenoxy) is 1. The minimum Gasteiger partial charge on any atom is -0.465 e. The lowest BCUT2D eigenvalue weighted by molar-refractivity contribution is 0.0607. The molecule has 0 aliphatic heterocycles. The zero-order valence-electron chi connectivity index (χ0n) is 9.31. The maximum absolute atomic E-state index is 11.7.